The number of H-pyrrole nitrogens is 1. The van der Waals surface area contributed by atoms with E-state index in [0.717, 1.165) is 22.6 Å². The molecule has 108 valence electrons. The third kappa shape index (κ3) is 2.79. The van der Waals surface area contributed by atoms with Crippen molar-refractivity contribution in [3.63, 3.8) is 0 Å². The standard InChI is InChI=1S/C15H17N5O/c1-10-9-13(20(2)19-10)15(21)16-8-7-14-17-11-5-3-4-6-12(11)18-14/h3-6,9H,7-8H2,1-2H3,(H,16,21)(H,17,18). The van der Waals surface area contributed by atoms with Crippen LogP contribution in [0.4, 0.5) is 0 Å². The zero-order valence-electron chi connectivity index (χ0n) is 12.1. The molecule has 0 aliphatic rings. The molecule has 0 aliphatic heterocycles. The Morgan fingerprint density at radius 1 is 1.38 bits per heavy atom. The molecule has 0 unspecified atom stereocenters. The molecule has 2 heterocycles. The van der Waals surface area contributed by atoms with Gasteiger partial charge in [-0.3, -0.25) is 9.48 Å². The van der Waals surface area contributed by atoms with Crippen LogP contribution in [-0.4, -0.2) is 32.2 Å². The highest BCUT2D eigenvalue weighted by molar-refractivity contribution is 5.92. The number of nitrogens with one attached hydrogen (secondary N) is 2. The zero-order chi connectivity index (χ0) is 14.8. The minimum Gasteiger partial charge on any atom is -0.350 e. The quantitative estimate of drug-likeness (QED) is 0.763. The van der Waals surface area contributed by atoms with Crippen molar-refractivity contribution >= 4 is 16.9 Å². The number of benzene rings is 1. The van der Waals surface area contributed by atoms with Crippen LogP contribution in [0.15, 0.2) is 30.3 Å². The summed E-state index contributed by atoms with van der Waals surface area (Å²) in [4.78, 5) is 19.8. The Hall–Kier alpha value is -2.63. The first-order valence-electron chi connectivity index (χ1n) is 6.86. The van der Waals surface area contributed by atoms with E-state index in [4.69, 9.17) is 0 Å². The number of para-hydroxylation sites is 2. The molecule has 0 fully saturated rings. The van der Waals surface area contributed by atoms with Gasteiger partial charge in [0, 0.05) is 20.0 Å². The topological polar surface area (TPSA) is 75.6 Å². The predicted molar refractivity (Wildman–Crippen MR) is 80.1 cm³/mol. The minimum absolute atomic E-state index is 0.116. The van der Waals surface area contributed by atoms with Gasteiger partial charge in [-0.05, 0) is 25.1 Å². The van der Waals surface area contributed by atoms with E-state index in [1.807, 2.05) is 31.2 Å². The average Bonchev–Trinajstić information content (AvgIpc) is 3.01. The molecule has 2 aromatic heterocycles. The molecule has 21 heavy (non-hydrogen) atoms. The van der Waals surface area contributed by atoms with E-state index in [2.05, 4.69) is 20.4 Å². The molecule has 2 N–H and O–H groups in total. The Morgan fingerprint density at radius 2 is 2.19 bits per heavy atom. The second kappa shape index (κ2) is 5.40. The van der Waals surface area contributed by atoms with E-state index < -0.39 is 0 Å². The third-order valence-electron chi connectivity index (χ3n) is 3.32. The van der Waals surface area contributed by atoms with Gasteiger partial charge in [-0.2, -0.15) is 5.10 Å². The van der Waals surface area contributed by atoms with Crippen molar-refractivity contribution in [1.82, 2.24) is 25.1 Å². The van der Waals surface area contributed by atoms with Gasteiger partial charge in [-0.1, -0.05) is 12.1 Å². The molecule has 1 aromatic carbocycles. The molecule has 3 rings (SSSR count). The average molecular weight is 283 g/mol. The largest absolute Gasteiger partial charge is 0.350 e. The van der Waals surface area contributed by atoms with Gasteiger partial charge in [0.2, 0.25) is 0 Å². The second-order valence-corrected chi connectivity index (χ2v) is 5.00. The number of hydrogen-bond acceptors (Lipinski definition) is 3. The van der Waals surface area contributed by atoms with E-state index in [0.29, 0.717) is 18.7 Å². The summed E-state index contributed by atoms with van der Waals surface area (Å²) in [5.41, 5.74) is 3.36. The number of imidazole rings is 1. The van der Waals surface area contributed by atoms with Crippen LogP contribution in [0.3, 0.4) is 0 Å². The Bertz CT molecular complexity index is 753. The Morgan fingerprint density at radius 3 is 2.90 bits per heavy atom. The second-order valence-electron chi connectivity index (χ2n) is 5.00. The molecular weight excluding hydrogens is 266 g/mol. The lowest BCUT2D eigenvalue weighted by Gasteiger charge is -2.03. The van der Waals surface area contributed by atoms with Gasteiger partial charge in [0.25, 0.3) is 5.91 Å². The summed E-state index contributed by atoms with van der Waals surface area (Å²) in [6.45, 7) is 2.40. The zero-order valence-corrected chi connectivity index (χ0v) is 12.1. The molecule has 6 heteroatoms. The highest BCUT2D eigenvalue weighted by atomic mass is 16.2. The Kier molecular flexibility index (Phi) is 3.43. The van der Waals surface area contributed by atoms with E-state index in [1.165, 1.54) is 0 Å². The third-order valence-corrected chi connectivity index (χ3v) is 3.32. The summed E-state index contributed by atoms with van der Waals surface area (Å²) in [6, 6.07) is 9.65. The van der Waals surface area contributed by atoms with Crippen molar-refractivity contribution in [2.24, 2.45) is 7.05 Å². The molecule has 0 saturated heterocycles. The number of aromatic amines is 1. The molecular formula is C15H17N5O. The van der Waals surface area contributed by atoms with Gasteiger partial charge in [0.05, 0.1) is 16.7 Å². The van der Waals surface area contributed by atoms with Crippen molar-refractivity contribution in [2.45, 2.75) is 13.3 Å². The molecule has 0 bridgehead atoms. The van der Waals surface area contributed by atoms with Crippen LogP contribution in [0.5, 0.6) is 0 Å². The molecule has 0 spiro atoms. The lowest BCUT2D eigenvalue weighted by molar-refractivity contribution is 0.0944. The smallest absolute Gasteiger partial charge is 0.269 e. The predicted octanol–water partition coefficient (Wildman–Crippen LogP) is 1.58. The van der Waals surface area contributed by atoms with Gasteiger partial charge in [-0.25, -0.2) is 4.98 Å². The molecule has 3 aromatic rings. The lowest BCUT2D eigenvalue weighted by atomic mass is 10.3. The van der Waals surface area contributed by atoms with Gasteiger partial charge >= 0.3 is 0 Å². The number of carbonyl (C=O) groups is 1. The van der Waals surface area contributed by atoms with Gasteiger partial charge in [0.15, 0.2) is 0 Å². The SMILES string of the molecule is Cc1cc(C(=O)NCCc2nc3ccccc3[nH]2)n(C)n1. The highest BCUT2D eigenvalue weighted by Crippen LogP contribution is 2.10. The Balaban J connectivity index is 1.60. The van der Waals surface area contributed by atoms with Gasteiger partial charge in [-0.15, -0.1) is 0 Å². The van der Waals surface area contributed by atoms with Crippen molar-refractivity contribution in [3.05, 3.63) is 47.5 Å². The summed E-state index contributed by atoms with van der Waals surface area (Å²) in [7, 11) is 1.77. The number of rotatable bonds is 4. The number of nitrogens with zero attached hydrogens (tertiary/aromatic N) is 3. The minimum atomic E-state index is -0.116. The number of amides is 1. The molecule has 0 aliphatic carbocycles. The molecule has 0 atom stereocenters. The summed E-state index contributed by atoms with van der Waals surface area (Å²) in [5.74, 6) is 0.756. The summed E-state index contributed by atoms with van der Waals surface area (Å²) in [5, 5.41) is 7.05. The maximum atomic E-state index is 12.0. The molecule has 1 amide bonds. The lowest BCUT2D eigenvalue weighted by Crippen LogP contribution is -2.27. The summed E-state index contributed by atoms with van der Waals surface area (Å²) < 4.78 is 1.59. The number of carbonyl (C=O) groups excluding carboxylic acids is 1. The van der Waals surface area contributed by atoms with Crippen LogP contribution in [0, 0.1) is 6.92 Å². The number of aryl methyl sites for hydroxylation is 2. The van der Waals surface area contributed by atoms with Crippen LogP contribution in [-0.2, 0) is 13.5 Å². The fourth-order valence-electron chi connectivity index (χ4n) is 2.33. The van der Waals surface area contributed by atoms with E-state index in [-0.39, 0.29) is 5.91 Å². The number of aromatic nitrogens is 4. The van der Waals surface area contributed by atoms with Gasteiger partial charge in [0.1, 0.15) is 11.5 Å². The van der Waals surface area contributed by atoms with Crippen LogP contribution < -0.4 is 5.32 Å². The molecule has 0 saturated carbocycles. The van der Waals surface area contributed by atoms with E-state index >= 15 is 0 Å². The summed E-state index contributed by atoms with van der Waals surface area (Å²) in [6.07, 6.45) is 0.664. The number of hydrogen-bond donors (Lipinski definition) is 2. The first-order valence-corrected chi connectivity index (χ1v) is 6.86. The first kappa shape index (κ1) is 13.4. The fraction of sp³-hybridized carbons (Fsp3) is 0.267. The van der Waals surface area contributed by atoms with Crippen molar-refractivity contribution in [3.8, 4) is 0 Å². The fourth-order valence-corrected chi connectivity index (χ4v) is 2.33. The first-order chi connectivity index (χ1) is 10.1. The van der Waals surface area contributed by atoms with Crippen LogP contribution in [0.25, 0.3) is 11.0 Å². The highest BCUT2D eigenvalue weighted by Gasteiger charge is 2.11. The normalized spacial score (nSPS) is 11.0. The van der Waals surface area contributed by atoms with Crippen LogP contribution in [0.1, 0.15) is 22.0 Å². The Labute approximate surface area is 122 Å². The van der Waals surface area contributed by atoms with E-state index in [9.17, 15) is 4.79 Å². The van der Waals surface area contributed by atoms with Crippen LogP contribution >= 0.6 is 0 Å². The van der Waals surface area contributed by atoms with Crippen LogP contribution in [0.2, 0.25) is 0 Å². The van der Waals surface area contributed by atoms with E-state index in [1.54, 1.807) is 17.8 Å². The monoisotopic (exact) mass is 283 g/mol. The van der Waals surface area contributed by atoms with Crippen molar-refractivity contribution in [2.75, 3.05) is 6.54 Å². The number of fused-ring (bicyclic) bond motifs is 1. The molecule has 0 radical (unpaired) electrons. The summed E-state index contributed by atoms with van der Waals surface area (Å²) >= 11 is 0. The van der Waals surface area contributed by atoms with Crippen molar-refractivity contribution < 1.29 is 4.79 Å². The maximum absolute atomic E-state index is 12.0. The molecule has 6 nitrogen and oxygen atoms in total. The maximum Gasteiger partial charge on any atom is 0.269 e. The van der Waals surface area contributed by atoms with Crippen molar-refractivity contribution in [1.29, 1.82) is 0 Å². The van der Waals surface area contributed by atoms with Gasteiger partial charge < -0.3 is 10.3 Å².